The van der Waals surface area contributed by atoms with Crippen molar-refractivity contribution in [1.29, 1.82) is 0 Å². The topological polar surface area (TPSA) is 29.3 Å². The van der Waals surface area contributed by atoms with Gasteiger partial charge in [-0.2, -0.15) is 13.2 Å². The summed E-state index contributed by atoms with van der Waals surface area (Å²) < 4.78 is 38.2. The molecular weight excluding hydrogens is 241 g/mol. The van der Waals surface area contributed by atoms with Crippen molar-refractivity contribution in [2.24, 2.45) is 5.92 Å². The number of rotatable bonds is 1. The summed E-state index contributed by atoms with van der Waals surface area (Å²) in [6.45, 7) is 2.56. The molecule has 1 fully saturated rings. The molecule has 1 aliphatic heterocycles. The Bertz CT molecular complexity index is 429. The van der Waals surface area contributed by atoms with E-state index in [1.165, 1.54) is 0 Å². The molecule has 1 aliphatic rings. The largest absolute Gasteiger partial charge is 0.397 e. The van der Waals surface area contributed by atoms with Gasteiger partial charge in [0, 0.05) is 13.1 Å². The first-order valence-corrected chi connectivity index (χ1v) is 6.05. The number of anilines is 2. The number of benzene rings is 1. The zero-order valence-corrected chi connectivity index (χ0v) is 10.3. The number of alkyl halides is 3. The fourth-order valence-electron chi connectivity index (χ4n) is 2.43. The Hall–Kier alpha value is -1.39. The zero-order valence-electron chi connectivity index (χ0n) is 10.3. The highest BCUT2D eigenvalue weighted by molar-refractivity contribution is 5.68. The van der Waals surface area contributed by atoms with Crippen molar-refractivity contribution in [2.45, 2.75) is 25.9 Å². The molecule has 0 radical (unpaired) electrons. The quantitative estimate of drug-likeness (QED) is 0.783. The van der Waals surface area contributed by atoms with E-state index >= 15 is 0 Å². The number of nitrogens with two attached hydrogens (primary N) is 1. The molecule has 2 nitrogen and oxygen atoms in total. The van der Waals surface area contributed by atoms with Crippen LogP contribution in [-0.2, 0) is 0 Å². The molecule has 18 heavy (non-hydrogen) atoms. The number of halogens is 3. The molecule has 1 atom stereocenters. The van der Waals surface area contributed by atoms with Crippen LogP contribution in [0.25, 0.3) is 0 Å². The van der Waals surface area contributed by atoms with Crippen LogP contribution in [0, 0.1) is 12.8 Å². The minimum atomic E-state index is -4.11. The molecule has 1 unspecified atom stereocenters. The van der Waals surface area contributed by atoms with Gasteiger partial charge in [-0.15, -0.1) is 0 Å². The molecule has 0 spiro atoms. The van der Waals surface area contributed by atoms with Gasteiger partial charge < -0.3 is 10.6 Å². The maximum Gasteiger partial charge on any atom is 0.393 e. The molecule has 100 valence electrons. The van der Waals surface area contributed by atoms with Crippen LogP contribution < -0.4 is 10.6 Å². The normalized spacial score (nSPS) is 21.1. The van der Waals surface area contributed by atoms with Gasteiger partial charge in [0.1, 0.15) is 0 Å². The maximum absolute atomic E-state index is 12.7. The number of nitrogens with zero attached hydrogens (tertiary/aromatic N) is 1. The minimum absolute atomic E-state index is 0.0107. The predicted molar refractivity (Wildman–Crippen MR) is 66.6 cm³/mol. The molecule has 1 aromatic carbocycles. The van der Waals surface area contributed by atoms with Gasteiger partial charge in [-0.1, -0.05) is 6.07 Å². The second-order valence-electron chi connectivity index (χ2n) is 4.89. The standard InChI is InChI=1S/C13H17F3N2/c1-9-4-5-12(11(17)7-9)18-6-2-3-10(8-18)13(14,15)16/h4-5,7,10H,2-3,6,8,17H2,1H3. The summed E-state index contributed by atoms with van der Waals surface area (Å²) in [5.74, 6) is -1.24. The van der Waals surface area contributed by atoms with Crippen LogP contribution in [-0.4, -0.2) is 19.3 Å². The van der Waals surface area contributed by atoms with Crippen LogP contribution >= 0.6 is 0 Å². The van der Waals surface area contributed by atoms with Gasteiger partial charge in [-0.3, -0.25) is 0 Å². The molecule has 0 saturated carbocycles. The van der Waals surface area contributed by atoms with Gasteiger partial charge in [-0.05, 0) is 37.5 Å². The summed E-state index contributed by atoms with van der Waals surface area (Å²) in [6, 6.07) is 5.48. The molecule has 2 N–H and O–H groups in total. The molecular formula is C13H17F3N2. The molecule has 2 rings (SSSR count). The van der Waals surface area contributed by atoms with E-state index in [4.69, 9.17) is 5.73 Å². The van der Waals surface area contributed by atoms with Gasteiger partial charge in [-0.25, -0.2) is 0 Å². The van der Waals surface area contributed by atoms with E-state index in [2.05, 4.69) is 0 Å². The number of aryl methyl sites for hydroxylation is 1. The SMILES string of the molecule is Cc1ccc(N2CCCC(C(F)(F)F)C2)c(N)c1. The molecule has 0 amide bonds. The fourth-order valence-corrected chi connectivity index (χ4v) is 2.43. The Morgan fingerprint density at radius 1 is 1.33 bits per heavy atom. The van der Waals surface area contributed by atoms with E-state index in [-0.39, 0.29) is 13.0 Å². The molecule has 1 heterocycles. The third-order valence-electron chi connectivity index (χ3n) is 3.41. The first-order valence-electron chi connectivity index (χ1n) is 6.05. The van der Waals surface area contributed by atoms with Crippen molar-refractivity contribution in [2.75, 3.05) is 23.7 Å². The van der Waals surface area contributed by atoms with E-state index < -0.39 is 12.1 Å². The lowest BCUT2D eigenvalue weighted by Crippen LogP contribution is -2.42. The summed E-state index contributed by atoms with van der Waals surface area (Å²) in [7, 11) is 0. The fraction of sp³-hybridized carbons (Fsp3) is 0.538. The predicted octanol–water partition coefficient (Wildman–Crippen LogP) is 3.36. The van der Waals surface area contributed by atoms with Crippen LogP contribution in [0.1, 0.15) is 18.4 Å². The van der Waals surface area contributed by atoms with Gasteiger partial charge in [0.15, 0.2) is 0 Å². The average Bonchev–Trinajstić information content (AvgIpc) is 2.28. The zero-order chi connectivity index (χ0) is 13.3. The third kappa shape index (κ3) is 2.71. The number of nitrogen functional groups attached to an aromatic ring is 1. The van der Waals surface area contributed by atoms with Crippen molar-refractivity contribution < 1.29 is 13.2 Å². The summed E-state index contributed by atoms with van der Waals surface area (Å²) in [5, 5.41) is 0. The lowest BCUT2D eigenvalue weighted by molar-refractivity contribution is -0.175. The van der Waals surface area contributed by atoms with Crippen LogP contribution in [0.2, 0.25) is 0 Å². The van der Waals surface area contributed by atoms with E-state index in [0.29, 0.717) is 18.7 Å². The van der Waals surface area contributed by atoms with E-state index in [9.17, 15) is 13.2 Å². The highest BCUT2D eigenvalue weighted by Crippen LogP contribution is 2.36. The Labute approximate surface area is 105 Å². The van der Waals surface area contributed by atoms with Crippen molar-refractivity contribution in [3.8, 4) is 0 Å². The van der Waals surface area contributed by atoms with Crippen molar-refractivity contribution in [1.82, 2.24) is 0 Å². The Morgan fingerprint density at radius 3 is 2.67 bits per heavy atom. The van der Waals surface area contributed by atoms with Crippen molar-refractivity contribution >= 4 is 11.4 Å². The maximum atomic E-state index is 12.7. The van der Waals surface area contributed by atoms with Crippen LogP contribution in [0.15, 0.2) is 18.2 Å². The molecule has 0 bridgehead atoms. The summed E-state index contributed by atoms with van der Waals surface area (Å²) >= 11 is 0. The highest BCUT2D eigenvalue weighted by atomic mass is 19.4. The van der Waals surface area contributed by atoms with E-state index in [1.807, 2.05) is 19.1 Å². The lowest BCUT2D eigenvalue weighted by atomic mass is 9.96. The van der Waals surface area contributed by atoms with Crippen molar-refractivity contribution in [3.05, 3.63) is 23.8 Å². The van der Waals surface area contributed by atoms with Gasteiger partial charge in [0.05, 0.1) is 17.3 Å². The number of hydrogen-bond donors (Lipinski definition) is 1. The smallest absolute Gasteiger partial charge is 0.393 e. The molecule has 1 saturated heterocycles. The molecule has 1 aromatic rings. The van der Waals surface area contributed by atoms with E-state index in [0.717, 1.165) is 11.3 Å². The number of hydrogen-bond acceptors (Lipinski definition) is 2. The molecule has 0 aromatic heterocycles. The van der Waals surface area contributed by atoms with Crippen LogP contribution in [0.5, 0.6) is 0 Å². The van der Waals surface area contributed by atoms with Crippen molar-refractivity contribution in [3.63, 3.8) is 0 Å². The highest BCUT2D eigenvalue weighted by Gasteiger charge is 2.41. The summed E-state index contributed by atoms with van der Waals surface area (Å²) in [6.07, 6.45) is -3.35. The second-order valence-corrected chi connectivity index (χ2v) is 4.89. The van der Waals surface area contributed by atoms with Crippen LogP contribution in [0.3, 0.4) is 0 Å². The van der Waals surface area contributed by atoms with Gasteiger partial charge in [0.25, 0.3) is 0 Å². The third-order valence-corrected chi connectivity index (χ3v) is 3.41. The lowest BCUT2D eigenvalue weighted by Gasteiger charge is -2.35. The van der Waals surface area contributed by atoms with E-state index in [1.54, 1.807) is 11.0 Å². The Morgan fingerprint density at radius 2 is 2.06 bits per heavy atom. The molecule has 0 aliphatic carbocycles. The minimum Gasteiger partial charge on any atom is -0.397 e. The van der Waals surface area contributed by atoms with Gasteiger partial charge >= 0.3 is 6.18 Å². The Kier molecular flexibility index (Phi) is 3.41. The molecule has 5 heteroatoms. The summed E-state index contributed by atoms with van der Waals surface area (Å²) in [5.41, 5.74) is 8.17. The first kappa shape index (κ1) is 13.1. The van der Waals surface area contributed by atoms with Gasteiger partial charge in [0.2, 0.25) is 0 Å². The van der Waals surface area contributed by atoms with Crippen LogP contribution in [0.4, 0.5) is 24.5 Å². The Balaban J connectivity index is 2.18. The average molecular weight is 258 g/mol. The summed E-state index contributed by atoms with van der Waals surface area (Å²) in [4.78, 5) is 1.75. The first-order chi connectivity index (χ1) is 8.38. The number of piperidine rings is 1. The monoisotopic (exact) mass is 258 g/mol. The second kappa shape index (κ2) is 4.71.